The van der Waals surface area contributed by atoms with E-state index in [4.69, 9.17) is 14.2 Å². The topological polar surface area (TPSA) is 158 Å². The monoisotopic (exact) mass is 801 g/mol. The van der Waals surface area contributed by atoms with Crippen LogP contribution in [0.25, 0.3) is 10.8 Å². The number of Topliss-reactive ketones (excluding diaryl/α,β-unsaturated/α-hetero) is 1. The number of esters is 1. The molecular weight excluding hydrogens is 749 g/mol. The third-order valence-corrected chi connectivity index (χ3v) is 14.0. The van der Waals surface area contributed by atoms with Gasteiger partial charge < -0.3 is 19.1 Å². The van der Waals surface area contributed by atoms with E-state index < -0.39 is 85.8 Å². The van der Waals surface area contributed by atoms with E-state index >= 15 is 0 Å². The Morgan fingerprint density at radius 3 is 2.50 bits per heavy atom. The zero-order chi connectivity index (χ0) is 40.8. The lowest BCUT2D eigenvalue weighted by Gasteiger charge is -2.32. The summed E-state index contributed by atoms with van der Waals surface area (Å²) >= 11 is 0. The number of allylic oxidation sites excluding steroid dienone is 2. The van der Waals surface area contributed by atoms with Gasteiger partial charge >= 0.3 is 5.97 Å². The summed E-state index contributed by atoms with van der Waals surface area (Å²) in [6, 6.07) is 2.96. The SMILES string of the molecule is COc1cnc(O[C@@H]2C[C@H]3C(=O)C[C@]4(C(=O)NS(=O)(=O)C5(CF)CC5)C[C@H]4/C=C\CC[C@H](C)C[C@@H](C)[C@H](CC(=O)OC(C)(C)C)C(=O)N3C2)c2ccc(F)cc12. The number of methoxy groups -OCH3 is 1. The van der Waals surface area contributed by atoms with Crippen LogP contribution in [-0.2, 0) is 33.9 Å². The van der Waals surface area contributed by atoms with Gasteiger partial charge in [-0.05, 0) is 95.2 Å². The van der Waals surface area contributed by atoms with Gasteiger partial charge in [-0.2, -0.15) is 0 Å². The van der Waals surface area contributed by atoms with Crippen LogP contribution in [0.2, 0.25) is 0 Å². The predicted molar refractivity (Wildman–Crippen MR) is 203 cm³/mol. The average molecular weight is 802 g/mol. The van der Waals surface area contributed by atoms with Crippen molar-refractivity contribution in [1.82, 2.24) is 14.6 Å². The first-order valence-electron chi connectivity index (χ1n) is 19.5. The average Bonchev–Trinajstić information content (AvgIpc) is 4.02. The highest BCUT2D eigenvalue weighted by Gasteiger charge is 2.63. The molecule has 2 aliphatic carbocycles. The molecule has 0 spiro atoms. The van der Waals surface area contributed by atoms with Crippen LogP contribution in [0.1, 0.15) is 92.4 Å². The number of halogens is 2. The fraction of sp³-hybridized carbons (Fsp3) is 0.634. The van der Waals surface area contributed by atoms with Gasteiger partial charge in [-0.1, -0.05) is 26.0 Å². The number of aromatic nitrogens is 1. The van der Waals surface area contributed by atoms with Crippen molar-refractivity contribution in [2.45, 2.75) is 115 Å². The van der Waals surface area contributed by atoms with Gasteiger partial charge in [0.15, 0.2) is 5.78 Å². The minimum absolute atomic E-state index is 0.00633. The second-order valence-electron chi connectivity index (χ2n) is 17.4. The van der Waals surface area contributed by atoms with Crippen LogP contribution >= 0.6 is 0 Å². The number of ether oxygens (including phenoxy) is 3. The van der Waals surface area contributed by atoms with E-state index in [2.05, 4.69) is 16.6 Å². The van der Waals surface area contributed by atoms with Gasteiger partial charge in [-0.3, -0.25) is 23.9 Å². The van der Waals surface area contributed by atoms with Crippen molar-refractivity contribution in [2.75, 3.05) is 20.3 Å². The normalized spacial score (nSPS) is 30.0. The van der Waals surface area contributed by atoms with E-state index in [9.17, 15) is 36.4 Å². The number of carbonyl (C=O) groups excluding carboxylic acids is 4. The molecule has 15 heteroatoms. The van der Waals surface area contributed by atoms with Gasteiger partial charge in [-0.25, -0.2) is 22.2 Å². The van der Waals surface area contributed by atoms with Crippen molar-refractivity contribution in [1.29, 1.82) is 0 Å². The highest BCUT2D eigenvalue weighted by molar-refractivity contribution is 7.91. The molecule has 2 aromatic rings. The van der Waals surface area contributed by atoms with Crippen molar-refractivity contribution in [2.24, 2.45) is 29.1 Å². The molecule has 12 nitrogen and oxygen atoms in total. The Kier molecular flexibility index (Phi) is 11.6. The lowest BCUT2D eigenvalue weighted by molar-refractivity contribution is -0.160. The number of pyridine rings is 1. The summed E-state index contributed by atoms with van der Waals surface area (Å²) in [4.78, 5) is 62.5. The van der Waals surface area contributed by atoms with Gasteiger partial charge in [0.05, 0.1) is 43.6 Å². The molecule has 3 fully saturated rings. The van der Waals surface area contributed by atoms with Gasteiger partial charge in [-0.15, -0.1) is 0 Å². The number of fused-ring (bicyclic) bond motifs is 3. The zero-order valence-corrected chi connectivity index (χ0v) is 33.8. The third kappa shape index (κ3) is 8.57. The molecule has 3 heterocycles. The molecule has 1 N–H and O–H groups in total. The van der Waals surface area contributed by atoms with E-state index in [-0.39, 0.29) is 62.8 Å². The largest absolute Gasteiger partial charge is 0.494 e. The molecule has 7 atom stereocenters. The Bertz CT molecular complexity index is 2010. The Labute approximate surface area is 327 Å². The lowest BCUT2D eigenvalue weighted by Crippen LogP contribution is -2.48. The fourth-order valence-electron chi connectivity index (χ4n) is 8.38. The highest BCUT2D eigenvalue weighted by atomic mass is 32.2. The standard InChI is InChI=1S/C41H53F2N3O9S/c1-24-9-7-8-10-26-19-41(26,38(50)45-56(51,52)40(23-42)13-14-40)20-33(47)32-17-28(54-36-29-12-11-27(43)16-31(29)34(53-6)21-44-36)22-46(32)37(49)30(25(2)15-24)18-35(48)55-39(3,4)5/h8,10-12,16,21,24-26,28,30,32H,7,9,13-15,17-20,22-23H2,1-6H3,(H,45,50)/b10-8-/t24-,25+,26+,28+,30-,32-,41+/m0/s1. The molecule has 0 bridgehead atoms. The number of ketones is 1. The second-order valence-corrected chi connectivity index (χ2v) is 19.5. The third-order valence-electron chi connectivity index (χ3n) is 11.9. The summed E-state index contributed by atoms with van der Waals surface area (Å²) in [7, 11) is -2.93. The zero-order valence-electron chi connectivity index (χ0n) is 32.9. The summed E-state index contributed by atoms with van der Waals surface area (Å²) in [5, 5.41) is 0.860. The van der Waals surface area contributed by atoms with E-state index in [1.54, 1.807) is 20.8 Å². The molecule has 4 aliphatic rings. The summed E-state index contributed by atoms with van der Waals surface area (Å²) < 4.78 is 72.5. The molecule has 0 unspecified atom stereocenters. The number of hydrogen-bond acceptors (Lipinski definition) is 10. The molecule has 2 amide bonds. The van der Waals surface area contributed by atoms with Gasteiger partial charge in [0.1, 0.15) is 34.7 Å². The van der Waals surface area contributed by atoms with Crippen molar-refractivity contribution >= 4 is 44.4 Å². The van der Waals surface area contributed by atoms with Crippen LogP contribution < -0.4 is 14.2 Å². The first kappa shape index (κ1) is 41.5. The highest BCUT2D eigenvalue weighted by Crippen LogP contribution is 2.58. The summed E-state index contributed by atoms with van der Waals surface area (Å²) in [6.45, 7) is 8.04. The van der Waals surface area contributed by atoms with E-state index in [0.29, 0.717) is 29.4 Å². The van der Waals surface area contributed by atoms with Gasteiger partial charge in [0.2, 0.25) is 27.7 Å². The predicted octanol–water partition coefficient (Wildman–Crippen LogP) is 6.00. The first-order valence-corrected chi connectivity index (χ1v) is 20.9. The molecule has 6 rings (SSSR count). The maximum Gasteiger partial charge on any atom is 0.307 e. The maximum absolute atomic E-state index is 14.8. The van der Waals surface area contributed by atoms with Crippen LogP contribution in [-0.4, -0.2) is 84.7 Å². The number of sulfonamides is 1. The van der Waals surface area contributed by atoms with Crippen LogP contribution in [0, 0.1) is 34.9 Å². The molecule has 2 saturated carbocycles. The number of carbonyl (C=O) groups is 4. The Morgan fingerprint density at radius 2 is 1.84 bits per heavy atom. The van der Waals surface area contributed by atoms with Crippen molar-refractivity contribution < 1.29 is 50.6 Å². The Hall–Kier alpha value is -4.14. The van der Waals surface area contributed by atoms with Crippen molar-refractivity contribution in [3.8, 4) is 11.6 Å². The Morgan fingerprint density at radius 1 is 1.11 bits per heavy atom. The number of alkyl halides is 1. The smallest absolute Gasteiger partial charge is 0.307 e. The van der Waals surface area contributed by atoms with Gasteiger partial charge in [0.25, 0.3) is 0 Å². The van der Waals surface area contributed by atoms with Gasteiger partial charge in [0, 0.05) is 23.6 Å². The number of nitrogens with zero attached hydrogens (tertiary/aromatic N) is 2. The van der Waals surface area contributed by atoms with Crippen LogP contribution in [0.3, 0.4) is 0 Å². The summed E-state index contributed by atoms with van der Waals surface area (Å²) in [5.74, 6) is -3.79. The Balaban J connectivity index is 1.36. The number of nitrogens with one attached hydrogen (secondary N) is 1. The first-order chi connectivity index (χ1) is 26.3. The van der Waals surface area contributed by atoms with E-state index in [1.165, 1.54) is 36.4 Å². The second kappa shape index (κ2) is 15.7. The molecule has 306 valence electrons. The van der Waals surface area contributed by atoms with Crippen molar-refractivity contribution in [3.05, 3.63) is 42.4 Å². The van der Waals surface area contributed by atoms with E-state index in [0.717, 1.165) is 6.42 Å². The van der Waals surface area contributed by atoms with E-state index in [1.807, 2.05) is 19.1 Å². The lowest BCUT2D eigenvalue weighted by atomic mass is 9.82. The van der Waals surface area contributed by atoms with Crippen molar-refractivity contribution in [3.63, 3.8) is 0 Å². The molecule has 1 saturated heterocycles. The van der Waals surface area contributed by atoms with Crippen LogP contribution in [0.4, 0.5) is 8.78 Å². The minimum atomic E-state index is -4.36. The molecule has 0 radical (unpaired) electrons. The molecular formula is C41H53F2N3O9S. The number of amides is 2. The fourth-order valence-corrected chi connectivity index (χ4v) is 9.83. The number of benzene rings is 1. The quantitative estimate of drug-likeness (QED) is 0.236. The molecule has 1 aromatic carbocycles. The molecule has 2 aliphatic heterocycles. The minimum Gasteiger partial charge on any atom is -0.494 e. The summed E-state index contributed by atoms with van der Waals surface area (Å²) in [5.41, 5.74) is -2.22. The van der Waals surface area contributed by atoms with Crippen LogP contribution in [0.5, 0.6) is 11.6 Å². The summed E-state index contributed by atoms with van der Waals surface area (Å²) in [6.07, 6.45) is 6.23. The number of hydrogen-bond donors (Lipinski definition) is 1. The number of rotatable bonds is 9. The molecule has 1 aromatic heterocycles. The van der Waals surface area contributed by atoms with Crippen LogP contribution in [0.15, 0.2) is 36.5 Å². The maximum atomic E-state index is 14.8. The molecule has 56 heavy (non-hydrogen) atoms.